The number of benzene rings is 1. The maximum atomic E-state index is 11.6. The van der Waals surface area contributed by atoms with Crippen LogP contribution in [0.1, 0.15) is 23.0 Å². The number of nitrogens with one attached hydrogen (secondary N) is 1. The van der Waals surface area contributed by atoms with E-state index in [1.807, 2.05) is 0 Å². The number of amides is 1. The van der Waals surface area contributed by atoms with E-state index >= 15 is 0 Å². The Kier molecular flexibility index (Phi) is 4.98. The smallest absolute Gasteiger partial charge is 0.412 e. The third kappa shape index (κ3) is 4.38. The number of carbonyl (C=O) groups is 2. The summed E-state index contributed by atoms with van der Waals surface area (Å²) < 4.78 is 14.9. The molecular formula is C15H15NO5. The van der Waals surface area contributed by atoms with Crippen LogP contribution in [0.25, 0.3) is 0 Å². The fraction of sp³-hybridized carbons (Fsp3) is 0.200. The zero-order chi connectivity index (χ0) is 15.1. The summed E-state index contributed by atoms with van der Waals surface area (Å²) in [6, 6.07) is 9.76. The van der Waals surface area contributed by atoms with Crippen LogP contribution in [0.5, 0.6) is 0 Å². The van der Waals surface area contributed by atoms with Crippen molar-refractivity contribution in [3.63, 3.8) is 0 Å². The standard InChI is InChI=1S/C15H15NO5/c1-2-19-14(17)11-5-7-12(8-6-11)16-15(18)21-10-13-4-3-9-20-13/h3-9H,2,10H2,1H3,(H,16,18). The summed E-state index contributed by atoms with van der Waals surface area (Å²) >= 11 is 0. The Balaban J connectivity index is 1.85. The Labute approximate surface area is 121 Å². The van der Waals surface area contributed by atoms with Gasteiger partial charge >= 0.3 is 12.1 Å². The second-order valence-electron chi connectivity index (χ2n) is 4.08. The second-order valence-corrected chi connectivity index (χ2v) is 4.08. The number of rotatable bonds is 5. The summed E-state index contributed by atoms with van der Waals surface area (Å²) in [6.07, 6.45) is 0.903. The van der Waals surface area contributed by atoms with E-state index in [-0.39, 0.29) is 6.61 Å². The summed E-state index contributed by atoms with van der Waals surface area (Å²) in [5, 5.41) is 2.55. The second kappa shape index (κ2) is 7.14. The normalized spacial score (nSPS) is 9.95. The van der Waals surface area contributed by atoms with E-state index in [1.165, 1.54) is 6.26 Å². The lowest BCUT2D eigenvalue weighted by Crippen LogP contribution is -2.13. The lowest BCUT2D eigenvalue weighted by Gasteiger charge is -2.06. The van der Waals surface area contributed by atoms with E-state index in [0.717, 1.165) is 0 Å². The van der Waals surface area contributed by atoms with Gasteiger partial charge in [0.25, 0.3) is 0 Å². The molecule has 0 saturated carbocycles. The van der Waals surface area contributed by atoms with Crippen molar-refractivity contribution in [2.75, 3.05) is 11.9 Å². The van der Waals surface area contributed by atoms with E-state index in [9.17, 15) is 9.59 Å². The van der Waals surface area contributed by atoms with Gasteiger partial charge in [0.2, 0.25) is 0 Å². The van der Waals surface area contributed by atoms with Crippen LogP contribution in [0.2, 0.25) is 0 Å². The maximum absolute atomic E-state index is 11.6. The Hall–Kier alpha value is -2.76. The highest BCUT2D eigenvalue weighted by atomic mass is 16.6. The molecule has 0 aliphatic rings. The van der Waals surface area contributed by atoms with E-state index in [4.69, 9.17) is 13.9 Å². The van der Waals surface area contributed by atoms with Crippen molar-refractivity contribution in [1.82, 2.24) is 0 Å². The van der Waals surface area contributed by atoms with Gasteiger partial charge in [-0.2, -0.15) is 0 Å². The summed E-state index contributed by atoms with van der Waals surface area (Å²) in [5.41, 5.74) is 0.943. The van der Waals surface area contributed by atoms with Gasteiger partial charge < -0.3 is 13.9 Å². The van der Waals surface area contributed by atoms with Crippen molar-refractivity contribution in [2.45, 2.75) is 13.5 Å². The number of hydrogen-bond donors (Lipinski definition) is 1. The fourth-order valence-electron chi connectivity index (χ4n) is 1.59. The molecule has 1 aromatic carbocycles. The van der Waals surface area contributed by atoms with Crippen LogP contribution in [-0.2, 0) is 16.1 Å². The molecule has 0 spiro atoms. The molecule has 0 bridgehead atoms. The molecule has 0 aliphatic carbocycles. The highest BCUT2D eigenvalue weighted by Crippen LogP contribution is 2.11. The number of hydrogen-bond acceptors (Lipinski definition) is 5. The van der Waals surface area contributed by atoms with Crippen molar-refractivity contribution >= 4 is 17.7 Å². The molecule has 0 fully saturated rings. The van der Waals surface area contributed by atoms with Gasteiger partial charge in [-0.1, -0.05) is 0 Å². The van der Waals surface area contributed by atoms with Gasteiger partial charge in [-0.25, -0.2) is 9.59 Å². The van der Waals surface area contributed by atoms with Gasteiger partial charge in [0, 0.05) is 5.69 Å². The quantitative estimate of drug-likeness (QED) is 0.855. The van der Waals surface area contributed by atoms with Crippen molar-refractivity contribution in [2.24, 2.45) is 0 Å². The zero-order valence-corrected chi connectivity index (χ0v) is 11.5. The molecule has 0 unspecified atom stereocenters. The maximum Gasteiger partial charge on any atom is 0.412 e. The minimum absolute atomic E-state index is 0.0553. The largest absolute Gasteiger partial charge is 0.466 e. The molecule has 0 radical (unpaired) electrons. The van der Waals surface area contributed by atoms with Crippen LogP contribution < -0.4 is 5.32 Å². The van der Waals surface area contributed by atoms with E-state index in [0.29, 0.717) is 23.6 Å². The Morgan fingerprint density at radius 1 is 1.14 bits per heavy atom. The monoisotopic (exact) mass is 289 g/mol. The van der Waals surface area contributed by atoms with Crippen molar-refractivity contribution in [3.8, 4) is 0 Å². The third-order valence-corrected chi connectivity index (χ3v) is 2.57. The number of carbonyl (C=O) groups excluding carboxylic acids is 2. The van der Waals surface area contributed by atoms with E-state index < -0.39 is 12.1 Å². The van der Waals surface area contributed by atoms with Gasteiger partial charge in [-0.05, 0) is 43.3 Å². The first kappa shape index (κ1) is 14.6. The van der Waals surface area contributed by atoms with Crippen molar-refractivity contribution < 1.29 is 23.5 Å². The molecule has 1 N–H and O–H groups in total. The molecule has 2 rings (SSSR count). The van der Waals surface area contributed by atoms with Crippen molar-refractivity contribution in [1.29, 1.82) is 0 Å². The molecule has 1 heterocycles. The minimum Gasteiger partial charge on any atom is -0.466 e. The predicted molar refractivity (Wildman–Crippen MR) is 74.9 cm³/mol. The molecule has 2 aromatic rings. The van der Waals surface area contributed by atoms with Crippen LogP contribution in [0, 0.1) is 0 Å². The highest BCUT2D eigenvalue weighted by molar-refractivity contribution is 5.91. The van der Waals surface area contributed by atoms with Gasteiger partial charge in [0.05, 0.1) is 18.4 Å². The Morgan fingerprint density at radius 2 is 1.90 bits per heavy atom. The van der Waals surface area contributed by atoms with E-state index in [1.54, 1.807) is 43.3 Å². The van der Waals surface area contributed by atoms with Gasteiger partial charge in [0.15, 0.2) is 6.61 Å². The first-order valence-corrected chi connectivity index (χ1v) is 6.42. The van der Waals surface area contributed by atoms with E-state index in [2.05, 4.69) is 5.32 Å². The fourth-order valence-corrected chi connectivity index (χ4v) is 1.59. The number of ether oxygens (including phenoxy) is 2. The SMILES string of the molecule is CCOC(=O)c1ccc(NC(=O)OCc2ccco2)cc1. The zero-order valence-electron chi connectivity index (χ0n) is 11.5. The Morgan fingerprint density at radius 3 is 2.52 bits per heavy atom. The molecule has 110 valence electrons. The first-order chi connectivity index (χ1) is 10.2. The average Bonchev–Trinajstić information content (AvgIpc) is 2.99. The highest BCUT2D eigenvalue weighted by Gasteiger charge is 2.08. The van der Waals surface area contributed by atoms with Crippen LogP contribution >= 0.6 is 0 Å². The van der Waals surface area contributed by atoms with Crippen molar-refractivity contribution in [3.05, 3.63) is 54.0 Å². The van der Waals surface area contributed by atoms with Gasteiger partial charge in [-0.3, -0.25) is 5.32 Å². The molecule has 0 saturated heterocycles. The van der Waals surface area contributed by atoms with Gasteiger partial charge in [0.1, 0.15) is 5.76 Å². The molecule has 1 aromatic heterocycles. The molecular weight excluding hydrogens is 274 g/mol. The minimum atomic E-state index is -0.602. The summed E-state index contributed by atoms with van der Waals surface area (Å²) in [5.74, 6) is 0.159. The molecule has 1 amide bonds. The lowest BCUT2D eigenvalue weighted by atomic mass is 10.2. The number of anilines is 1. The summed E-state index contributed by atoms with van der Waals surface area (Å²) in [6.45, 7) is 2.11. The lowest BCUT2D eigenvalue weighted by molar-refractivity contribution is 0.0526. The summed E-state index contributed by atoms with van der Waals surface area (Å²) in [4.78, 5) is 23.0. The molecule has 6 heteroatoms. The molecule has 21 heavy (non-hydrogen) atoms. The van der Waals surface area contributed by atoms with Gasteiger partial charge in [-0.15, -0.1) is 0 Å². The van der Waals surface area contributed by atoms with Crippen LogP contribution in [0.3, 0.4) is 0 Å². The van der Waals surface area contributed by atoms with Crippen LogP contribution in [-0.4, -0.2) is 18.7 Å². The molecule has 0 aliphatic heterocycles. The average molecular weight is 289 g/mol. The molecule has 6 nitrogen and oxygen atoms in total. The first-order valence-electron chi connectivity index (χ1n) is 6.42. The number of esters is 1. The summed E-state index contributed by atoms with van der Waals surface area (Å²) in [7, 11) is 0. The third-order valence-electron chi connectivity index (χ3n) is 2.57. The molecule has 0 atom stereocenters. The van der Waals surface area contributed by atoms with Crippen LogP contribution in [0.15, 0.2) is 47.1 Å². The number of furan rings is 1. The predicted octanol–water partition coefficient (Wildman–Crippen LogP) is 3.21. The van der Waals surface area contributed by atoms with Crippen LogP contribution in [0.4, 0.5) is 10.5 Å². The Bertz CT molecular complexity index is 589. The topological polar surface area (TPSA) is 77.8 Å².